The number of aliphatic hydroxyl groups is 1. The maximum Gasteiger partial charge on any atom is 0.134 e. The second-order valence-corrected chi connectivity index (χ2v) is 5.26. The third kappa shape index (κ3) is 3.37. The van der Waals surface area contributed by atoms with Gasteiger partial charge in [-0.3, -0.25) is 4.90 Å². The number of nitrogens with one attached hydrogen (secondary N) is 1. The van der Waals surface area contributed by atoms with Crippen LogP contribution in [-0.2, 0) is 6.54 Å². The van der Waals surface area contributed by atoms with Gasteiger partial charge in [0.15, 0.2) is 0 Å². The molecule has 96 valence electrons. The Balaban J connectivity index is 1.93. The molecule has 1 unspecified atom stereocenters. The summed E-state index contributed by atoms with van der Waals surface area (Å²) in [6.07, 6.45) is 2.31. The fraction of sp³-hybridized carbons (Fsp3) is 0.818. The predicted octanol–water partition coefficient (Wildman–Crippen LogP) is 1.17. The summed E-state index contributed by atoms with van der Waals surface area (Å²) < 4.78 is 4.00. The monoisotopic (exact) mass is 256 g/mol. The van der Waals surface area contributed by atoms with E-state index in [0.717, 1.165) is 43.3 Å². The number of aliphatic hydroxyl groups excluding tert-OH is 1. The van der Waals surface area contributed by atoms with Crippen LogP contribution >= 0.6 is 11.5 Å². The van der Waals surface area contributed by atoms with E-state index in [9.17, 15) is 5.11 Å². The van der Waals surface area contributed by atoms with Crippen molar-refractivity contribution in [2.75, 3.05) is 31.6 Å². The summed E-state index contributed by atoms with van der Waals surface area (Å²) >= 11 is 1.42. The van der Waals surface area contributed by atoms with Crippen LogP contribution in [0.15, 0.2) is 0 Å². The molecule has 0 spiro atoms. The number of likely N-dealkylation sites (tertiary alicyclic amines) is 1. The highest BCUT2D eigenvalue weighted by Crippen LogP contribution is 2.22. The van der Waals surface area contributed by atoms with Crippen molar-refractivity contribution >= 4 is 16.5 Å². The highest BCUT2D eigenvalue weighted by atomic mass is 32.1. The molecule has 0 aromatic carbocycles. The van der Waals surface area contributed by atoms with E-state index in [0.29, 0.717) is 12.5 Å². The molecule has 2 rings (SSSR count). The minimum absolute atomic E-state index is 0.298. The molecule has 1 saturated heterocycles. The molecule has 0 bridgehead atoms. The number of rotatable bonds is 5. The molecule has 6 heteroatoms. The summed E-state index contributed by atoms with van der Waals surface area (Å²) in [6.45, 7) is 6.18. The highest BCUT2D eigenvalue weighted by Gasteiger charge is 2.21. The maximum atomic E-state index is 9.21. The molecule has 1 aromatic heterocycles. The van der Waals surface area contributed by atoms with Gasteiger partial charge in [-0.05, 0) is 32.2 Å². The van der Waals surface area contributed by atoms with E-state index >= 15 is 0 Å². The molecule has 0 amide bonds. The average molecular weight is 256 g/mol. The van der Waals surface area contributed by atoms with Gasteiger partial charge in [-0.1, -0.05) is 4.49 Å². The Hall–Kier alpha value is -0.720. The van der Waals surface area contributed by atoms with Gasteiger partial charge in [0.05, 0.1) is 0 Å². The van der Waals surface area contributed by atoms with Gasteiger partial charge >= 0.3 is 0 Å². The summed E-state index contributed by atoms with van der Waals surface area (Å²) in [6, 6.07) is 0. The summed E-state index contributed by atoms with van der Waals surface area (Å²) in [5.41, 5.74) is 1.04. The zero-order chi connectivity index (χ0) is 12.1. The first-order valence-electron chi connectivity index (χ1n) is 6.21. The molecule has 0 radical (unpaired) electrons. The largest absolute Gasteiger partial charge is 0.396 e. The molecule has 2 heterocycles. The van der Waals surface area contributed by atoms with Gasteiger partial charge in [-0.2, -0.15) is 0 Å². The van der Waals surface area contributed by atoms with Gasteiger partial charge in [0.25, 0.3) is 0 Å². The SMILES string of the molecule is CCNc1snnc1CN1CCCC(CO)C1. The normalized spacial score (nSPS) is 21.6. The van der Waals surface area contributed by atoms with Gasteiger partial charge in [-0.15, -0.1) is 5.10 Å². The Kier molecular flexibility index (Phi) is 4.70. The predicted molar refractivity (Wildman–Crippen MR) is 69.2 cm³/mol. The second kappa shape index (κ2) is 6.28. The second-order valence-electron chi connectivity index (χ2n) is 4.51. The van der Waals surface area contributed by atoms with E-state index in [4.69, 9.17) is 0 Å². The summed E-state index contributed by atoms with van der Waals surface area (Å²) in [5.74, 6) is 0.429. The number of anilines is 1. The lowest BCUT2D eigenvalue weighted by molar-refractivity contribution is 0.115. The van der Waals surface area contributed by atoms with Crippen LogP contribution < -0.4 is 5.32 Å². The van der Waals surface area contributed by atoms with Crippen LogP contribution in [-0.4, -0.2) is 45.8 Å². The first-order valence-corrected chi connectivity index (χ1v) is 6.99. The van der Waals surface area contributed by atoms with Crippen molar-refractivity contribution in [1.82, 2.24) is 14.5 Å². The summed E-state index contributed by atoms with van der Waals surface area (Å²) in [7, 11) is 0. The Morgan fingerprint density at radius 3 is 3.24 bits per heavy atom. The van der Waals surface area contributed by atoms with Crippen molar-refractivity contribution in [3.8, 4) is 0 Å². The van der Waals surface area contributed by atoms with Crippen molar-refractivity contribution in [3.63, 3.8) is 0 Å². The molecule has 17 heavy (non-hydrogen) atoms. The third-order valence-corrected chi connectivity index (χ3v) is 3.85. The molecular formula is C11H20N4OS. The van der Waals surface area contributed by atoms with Crippen molar-refractivity contribution in [1.29, 1.82) is 0 Å². The molecule has 1 aromatic rings. The van der Waals surface area contributed by atoms with Gasteiger partial charge in [0.2, 0.25) is 0 Å². The van der Waals surface area contributed by atoms with Crippen molar-refractivity contribution in [2.24, 2.45) is 5.92 Å². The van der Waals surface area contributed by atoms with Crippen LogP contribution in [0.5, 0.6) is 0 Å². The lowest BCUT2D eigenvalue weighted by Gasteiger charge is -2.31. The minimum atomic E-state index is 0.298. The first kappa shape index (κ1) is 12.7. The van der Waals surface area contributed by atoms with Gasteiger partial charge in [0, 0.05) is 37.8 Å². The van der Waals surface area contributed by atoms with E-state index in [1.807, 2.05) is 0 Å². The number of hydrogen-bond donors (Lipinski definition) is 2. The molecular weight excluding hydrogens is 236 g/mol. The van der Waals surface area contributed by atoms with Gasteiger partial charge < -0.3 is 10.4 Å². The Labute approximate surface area is 106 Å². The average Bonchev–Trinajstić information content (AvgIpc) is 2.78. The molecule has 5 nitrogen and oxygen atoms in total. The number of aromatic nitrogens is 2. The smallest absolute Gasteiger partial charge is 0.134 e. The topological polar surface area (TPSA) is 61.3 Å². The fourth-order valence-electron chi connectivity index (χ4n) is 2.26. The lowest BCUT2D eigenvalue weighted by Crippen LogP contribution is -2.36. The molecule has 1 aliphatic rings. The molecule has 2 N–H and O–H groups in total. The van der Waals surface area contributed by atoms with Crippen LogP contribution in [0.25, 0.3) is 0 Å². The minimum Gasteiger partial charge on any atom is -0.396 e. The Morgan fingerprint density at radius 1 is 1.59 bits per heavy atom. The standard InChI is InChI=1S/C11H20N4OS/c1-2-12-11-10(13-14-17-11)7-15-5-3-4-9(6-15)8-16/h9,12,16H,2-8H2,1H3. The number of hydrogen-bond acceptors (Lipinski definition) is 6. The van der Waals surface area contributed by atoms with Crippen molar-refractivity contribution in [3.05, 3.63) is 5.69 Å². The van der Waals surface area contributed by atoms with E-state index in [1.165, 1.54) is 18.0 Å². The lowest BCUT2D eigenvalue weighted by atomic mass is 9.99. The fourth-order valence-corrected chi connectivity index (χ4v) is 2.90. The third-order valence-electron chi connectivity index (χ3n) is 3.13. The molecule has 1 atom stereocenters. The van der Waals surface area contributed by atoms with Crippen LogP contribution in [0.1, 0.15) is 25.5 Å². The zero-order valence-electron chi connectivity index (χ0n) is 10.2. The summed E-state index contributed by atoms with van der Waals surface area (Å²) in [4.78, 5) is 2.36. The quantitative estimate of drug-likeness (QED) is 0.828. The molecule has 0 aliphatic carbocycles. The number of piperidine rings is 1. The highest BCUT2D eigenvalue weighted by molar-refractivity contribution is 7.10. The Morgan fingerprint density at radius 2 is 2.47 bits per heavy atom. The maximum absolute atomic E-state index is 9.21. The van der Waals surface area contributed by atoms with E-state index in [-0.39, 0.29) is 0 Å². The number of nitrogens with zero attached hydrogens (tertiary/aromatic N) is 3. The van der Waals surface area contributed by atoms with E-state index in [1.54, 1.807) is 0 Å². The van der Waals surface area contributed by atoms with Crippen molar-refractivity contribution in [2.45, 2.75) is 26.3 Å². The first-order chi connectivity index (χ1) is 8.33. The van der Waals surface area contributed by atoms with Crippen LogP contribution in [0, 0.1) is 5.92 Å². The van der Waals surface area contributed by atoms with Crippen molar-refractivity contribution < 1.29 is 5.11 Å². The Bertz CT molecular complexity index is 344. The molecule has 0 saturated carbocycles. The van der Waals surface area contributed by atoms with E-state index < -0.39 is 0 Å². The molecule has 1 fully saturated rings. The summed E-state index contributed by atoms with van der Waals surface area (Å²) in [5, 5.41) is 17.8. The van der Waals surface area contributed by atoms with Crippen LogP contribution in [0.4, 0.5) is 5.00 Å². The van der Waals surface area contributed by atoms with Crippen LogP contribution in [0.2, 0.25) is 0 Å². The van der Waals surface area contributed by atoms with Gasteiger partial charge in [-0.25, -0.2) is 0 Å². The van der Waals surface area contributed by atoms with Crippen LogP contribution in [0.3, 0.4) is 0 Å². The van der Waals surface area contributed by atoms with Gasteiger partial charge in [0.1, 0.15) is 10.7 Å². The molecule has 1 aliphatic heterocycles. The zero-order valence-corrected chi connectivity index (χ0v) is 11.0. The van der Waals surface area contributed by atoms with E-state index in [2.05, 4.69) is 26.7 Å².